The number of hydrogen-bond donors (Lipinski definition) is 1. The summed E-state index contributed by atoms with van der Waals surface area (Å²) >= 11 is 0. The molecule has 0 atom stereocenters. The van der Waals surface area contributed by atoms with Gasteiger partial charge in [-0.3, -0.25) is 14.5 Å². The Hall–Kier alpha value is -3.61. The molecule has 2 heterocycles. The highest BCUT2D eigenvalue weighted by Crippen LogP contribution is 2.29. The summed E-state index contributed by atoms with van der Waals surface area (Å²) in [7, 11) is 2.68. The fraction of sp³-hybridized carbons (Fsp3) is 0.150. The fourth-order valence-corrected chi connectivity index (χ4v) is 2.79. The van der Waals surface area contributed by atoms with E-state index >= 15 is 0 Å². The minimum absolute atomic E-state index is 0.0196. The number of carbonyl (C=O) groups is 3. The first-order chi connectivity index (χ1) is 12.8. The molecule has 1 aliphatic heterocycles. The van der Waals surface area contributed by atoms with Gasteiger partial charge in [0.15, 0.2) is 0 Å². The standard InChI is InChI=1S/C20H18N2O5/c1-11-15(18(23)22(2)19(24)17(11)21)10-12-8-9-16(27-12)13-6-4-5-7-14(13)20(25)26-3/h4-10H,21H2,1-3H3/b15-10-. The number of esters is 1. The molecule has 1 aromatic carbocycles. The van der Waals surface area contributed by atoms with E-state index < -0.39 is 17.8 Å². The van der Waals surface area contributed by atoms with E-state index in [0.29, 0.717) is 28.2 Å². The molecule has 0 bridgehead atoms. The number of carbonyl (C=O) groups excluding carboxylic acids is 3. The maximum Gasteiger partial charge on any atom is 0.338 e. The van der Waals surface area contributed by atoms with Gasteiger partial charge in [0.05, 0.1) is 12.7 Å². The number of methoxy groups -OCH3 is 1. The Balaban J connectivity index is 2.03. The number of nitrogens with two attached hydrogens (primary N) is 1. The lowest BCUT2D eigenvalue weighted by Crippen LogP contribution is -2.42. The van der Waals surface area contributed by atoms with Crippen molar-refractivity contribution in [3.63, 3.8) is 0 Å². The highest BCUT2D eigenvalue weighted by molar-refractivity contribution is 6.17. The van der Waals surface area contributed by atoms with E-state index in [0.717, 1.165) is 4.90 Å². The normalized spacial score (nSPS) is 16.3. The monoisotopic (exact) mass is 366 g/mol. The molecule has 0 saturated heterocycles. The summed E-state index contributed by atoms with van der Waals surface area (Å²) < 4.78 is 10.6. The SMILES string of the molecule is COC(=O)c1ccccc1-c1ccc(/C=C2\C(=O)N(C)C(=O)C(N)=C2C)o1. The molecule has 7 nitrogen and oxygen atoms in total. The van der Waals surface area contributed by atoms with Crippen LogP contribution in [0.3, 0.4) is 0 Å². The third kappa shape index (κ3) is 3.15. The van der Waals surface area contributed by atoms with Crippen molar-refractivity contribution in [1.29, 1.82) is 0 Å². The van der Waals surface area contributed by atoms with Crippen molar-refractivity contribution in [2.24, 2.45) is 5.73 Å². The van der Waals surface area contributed by atoms with Crippen molar-refractivity contribution in [2.45, 2.75) is 6.92 Å². The van der Waals surface area contributed by atoms with E-state index in [1.54, 1.807) is 43.3 Å². The van der Waals surface area contributed by atoms with Gasteiger partial charge in [0.25, 0.3) is 11.8 Å². The molecule has 0 aliphatic carbocycles. The van der Waals surface area contributed by atoms with Crippen LogP contribution in [0.1, 0.15) is 23.0 Å². The molecular formula is C20H18N2O5. The van der Waals surface area contributed by atoms with Crippen molar-refractivity contribution in [3.8, 4) is 11.3 Å². The summed E-state index contributed by atoms with van der Waals surface area (Å²) in [4.78, 5) is 37.2. The summed E-state index contributed by atoms with van der Waals surface area (Å²) in [6, 6.07) is 10.2. The first-order valence-corrected chi connectivity index (χ1v) is 8.13. The van der Waals surface area contributed by atoms with Crippen LogP contribution in [0, 0.1) is 0 Å². The molecule has 7 heteroatoms. The Bertz CT molecular complexity index is 1010. The van der Waals surface area contributed by atoms with Crippen LogP contribution in [0.5, 0.6) is 0 Å². The van der Waals surface area contributed by atoms with Gasteiger partial charge in [-0.15, -0.1) is 0 Å². The van der Waals surface area contributed by atoms with Crippen LogP contribution in [0.15, 0.2) is 57.7 Å². The van der Waals surface area contributed by atoms with Gasteiger partial charge in [-0.2, -0.15) is 0 Å². The van der Waals surface area contributed by atoms with Gasteiger partial charge in [0, 0.05) is 18.2 Å². The van der Waals surface area contributed by atoms with E-state index in [9.17, 15) is 14.4 Å². The number of likely N-dealkylation sites (N-methyl/N-ethyl adjacent to an activating group) is 1. The number of hydrogen-bond acceptors (Lipinski definition) is 6. The van der Waals surface area contributed by atoms with Gasteiger partial charge < -0.3 is 14.9 Å². The molecular weight excluding hydrogens is 348 g/mol. The van der Waals surface area contributed by atoms with Crippen molar-refractivity contribution in [3.05, 3.63) is 64.6 Å². The van der Waals surface area contributed by atoms with Crippen LogP contribution in [0.4, 0.5) is 0 Å². The van der Waals surface area contributed by atoms with Crippen molar-refractivity contribution in [1.82, 2.24) is 4.90 Å². The largest absolute Gasteiger partial charge is 0.465 e. The van der Waals surface area contributed by atoms with Crippen LogP contribution in [-0.4, -0.2) is 36.8 Å². The minimum Gasteiger partial charge on any atom is -0.465 e. The topological polar surface area (TPSA) is 103 Å². The molecule has 138 valence electrons. The zero-order valence-corrected chi connectivity index (χ0v) is 15.1. The van der Waals surface area contributed by atoms with Crippen molar-refractivity contribution >= 4 is 23.9 Å². The summed E-state index contributed by atoms with van der Waals surface area (Å²) in [5.41, 5.74) is 7.43. The van der Waals surface area contributed by atoms with E-state index in [1.165, 1.54) is 20.2 Å². The lowest BCUT2D eigenvalue weighted by atomic mass is 9.99. The molecule has 2 N–H and O–H groups in total. The first kappa shape index (κ1) is 18.2. The zero-order valence-electron chi connectivity index (χ0n) is 15.1. The maximum atomic E-state index is 12.4. The fourth-order valence-electron chi connectivity index (χ4n) is 2.79. The van der Waals surface area contributed by atoms with Crippen molar-refractivity contribution in [2.75, 3.05) is 14.2 Å². The lowest BCUT2D eigenvalue weighted by Gasteiger charge is -2.24. The molecule has 2 amide bonds. The molecule has 0 fully saturated rings. The molecule has 27 heavy (non-hydrogen) atoms. The Morgan fingerprint density at radius 1 is 1.15 bits per heavy atom. The summed E-state index contributed by atoms with van der Waals surface area (Å²) in [6.45, 7) is 1.61. The number of amides is 2. The van der Waals surface area contributed by atoms with Gasteiger partial charge >= 0.3 is 5.97 Å². The first-order valence-electron chi connectivity index (χ1n) is 8.13. The Kier molecular flexibility index (Phi) is 4.68. The van der Waals surface area contributed by atoms with Crippen LogP contribution >= 0.6 is 0 Å². The minimum atomic E-state index is -0.526. The average Bonchev–Trinajstić information content (AvgIpc) is 3.16. The van der Waals surface area contributed by atoms with Gasteiger partial charge in [0.2, 0.25) is 0 Å². The number of imide groups is 1. The molecule has 3 rings (SSSR count). The predicted octanol–water partition coefficient (Wildman–Crippen LogP) is 2.35. The van der Waals surface area contributed by atoms with Gasteiger partial charge in [-0.25, -0.2) is 4.79 Å². The quantitative estimate of drug-likeness (QED) is 0.508. The summed E-state index contributed by atoms with van der Waals surface area (Å²) in [6.07, 6.45) is 1.53. The van der Waals surface area contributed by atoms with Crippen LogP contribution in [-0.2, 0) is 14.3 Å². The number of nitrogens with zero attached hydrogens (tertiary/aromatic N) is 1. The Morgan fingerprint density at radius 2 is 1.85 bits per heavy atom. The van der Waals surface area contributed by atoms with Crippen molar-refractivity contribution < 1.29 is 23.5 Å². The molecule has 0 radical (unpaired) electrons. The van der Waals surface area contributed by atoms with Crippen LogP contribution in [0.2, 0.25) is 0 Å². The second-order valence-electron chi connectivity index (χ2n) is 6.01. The molecule has 1 aliphatic rings. The second kappa shape index (κ2) is 6.95. The zero-order chi connectivity index (χ0) is 19.7. The highest BCUT2D eigenvalue weighted by Gasteiger charge is 2.31. The predicted molar refractivity (Wildman–Crippen MR) is 98.1 cm³/mol. The number of furan rings is 1. The van der Waals surface area contributed by atoms with E-state index in [4.69, 9.17) is 14.9 Å². The van der Waals surface area contributed by atoms with E-state index in [1.807, 2.05) is 0 Å². The second-order valence-corrected chi connectivity index (χ2v) is 6.01. The van der Waals surface area contributed by atoms with Gasteiger partial charge in [-0.1, -0.05) is 18.2 Å². The Labute approximate surface area is 155 Å². The van der Waals surface area contributed by atoms with Crippen LogP contribution < -0.4 is 5.73 Å². The van der Waals surface area contributed by atoms with Gasteiger partial charge in [0.1, 0.15) is 17.2 Å². The third-order valence-corrected chi connectivity index (χ3v) is 4.39. The molecule has 2 aromatic rings. The molecule has 0 saturated carbocycles. The molecule has 1 aromatic heterocycles. The number of ether oxygens (including phenoxy) is 1. The smallest absolute Gasteiger partial charge is 0.338 e. The van der Waals surface area contributed by atoms with Crippen LogP contribution in [0.25, 0.3) is 17.4 Å². The molecule has 0 spiro atoms. The molecule has 0 unspecified atom stereocenters. The maximum absolute atomic E-state index is 12.4. The average molecular weight is 366 g/mol. The Morgan fingerprint density at radius 3 is 2.56 bits per heavy atom. The number of benzene rings is 1. The highest BCUT2D eigenvalue weighted by atomic mass is 16.5. The van der Waals surface area contributed by atoms with E-state index in [-0.39, 0.29) is 11.3 Å². The number of rotatable bonds is 3. The van der Waals surface area contributed by atoms with E-state index in [2.05, 4.69) is 0 Å². The van der Waals surface area contributed by atoms with Gasteiger partial charge in [-0.05, 0) is 36.8 Å². The lowest BCUT2D eigenvalue weighted by molar-refractivity contribution is -0.139. The summed E-state index contributed by atoms with van der Waals surface area (Å²) in [5, 5.41) is 0. The third-order valence-electron chi connectivity index (χ3n) is 4.39. The summed E-state index contributed by atoms with van der Waals surface area (Å²) in [5.74, 6) is -0.620.